The van der Waals surface area contributed by atoms with E-state index in [4.69, 9.17) is 4.74 Å². The lowest BCUT2D eigenvalue weighted by Gasteiger charge is -2.10. The molecular formula is C26H12F8N2O3. The fraction of sp³-hybridized carbons (Fsp3) is 0. The lowest BCUT2D eigenvalue weighted by atomic mass is 10.1. The SMILES string of the molecule is O=C(Nc1ccc(Oc2ccc(NC(=O)c3cc(F)c(F)c(F)c3F)cc2)cc1)c1cc(F)c(F)c(F)c1F. The van der Waals surface area contributed by atoms with Crippen LogP contribution >= 0.6 is 0 Å². The van der Waals surface area contributed by atoms with Gasteiger partial charge in [-0.25, -0.2) is 35.1 Å². The Balaban J connectivity index is 1.39. The number of nitrogens with one attached hydrogen (secondary N) is 2. The van der Waals surface area contributed by atoms with Gasteiger partial charge in [-0.1, -0.05) is 0 Å². The van der Waals surface area contributed by atoms with E-state index in [2.05, 4.69) is 10.6 Å². The van der Waals surface area contributed by atoms with Crippen LogP contribution in [0, 0.1) is 46.5 Å². The summed E-state index contributed by atoms with van der Waals surface area (Å²) in [4.78, 5) is 24.3. The van der Waals surface area contributed by atoms with Crippen molar-refractivity contribution in [1.82, 2.24) is 0 Å². The van der Waals surface area contributed by atoms with Crippen LogP contribution in [-0.2, 0) is 0 Å². The molecule has 0 heterocycles. The minimum absolute atomic E-state index is 0.0795. The predicted molar refractivity (Wildman–Crippen MR) is 121 cm³/mol. The van der Waals surface area contributed by atoms with Crippen molar-refractivity contribution in [2.24, 2.45) is 0 Å². The number of carbonyl (C=O) groups is 2. The number of carbonyl (C=O) groups excluding carboxylic acids is 2. The van der Waals surface area contributed by atoms with Gasteiger partial charge in [0.15, 0.2) is 46.5 Å². The van der Waals surface area contributed by atoms with Crippen LogP contribution < -0.4 is 15.4 Å². The molecule has 13 heteroatoms. The van der Waals surface area contributed by atoms with Crippen LogP contribution in [-0.4, -0.2) is 11.8 Å². The quantitative estimate of drug-likeness (QED) is 0.152. The van der Waals surface area contributed by atoms with Crippen molar-refractivity contribution in [3.8, 4) is 11.5 Å². The third-order valence-corrected chi connectivity index (χ3v) is 5.15. The van der Waals surface area contributed by atoms with Crippen molar-refractivity contribution in [2.45, 2.75) is 0 Å². The minimum Gasteiger partial charge on any atom is -0.457 e. The highest BCUT2D eigenvalue weighted by Gasteiger charge is 2.24. The zero-order chi connectivity index (χ0) is 28.4. The van der Waals surface area contributed by atoms with E-state index in [-0.39, 0.29) is 35.0 Å². The first-order valence-electron chi connectivity index (χ1n) is 10.6. The molecule has 39 heavy (non-hydrogen) atoms. The summed E-state index contributed by atoms with van der Waals surface area (Å²) in [6.45, 7) is 0. The molecule has 2 N–H and O–H groups in total. The number of benzene rings is 4. The molecule has 0 aromatic heterocycles. The third-order valence-electron chi connectivity index (χ3n) is 5.15. The van der Waals surface area contributed by atoms with Gasteiger partial charge in [0.1, 0.15) is 11.5 Å². The van der Waals surface area contributed by atoms with Crippen LogP contribution in [0.1, 0.15) is 20.7 Å². The molecule has 0 atom stereocenters. The predicted octanol–water partition coefficient (Wildman–Crippen LogP) is 7.10. The van der Waals surface area contributed by atoms with Crippen molar-refractivity contribution in [2.75, 3.05) is 10.6 Å². The van der Waals surface area contributed by atoms with Gasteiger partial charge in [0.2, 0.25) is 0 Å². The fourth-order valence-corrected chi connectivity index (χ4v) is 3.22. The van der Waals surface area contributed by atoms with Gasteiger partial charge in [-0.2, -0.15) is 0 Å². The maximum Gasteiger partial charge on any atom is 0.258 e. The molecule has 2 amide bonds. The first-order valence-corrected chi connectivity index (χ1v) is 10.6. The van der Waals surface area contributed by atoms with Crippen LogP contribution in [0.25, 0.3) is 0 Å². The molecule has 0 aliphatic carbocycles. The molecule has 0 saturated heterocycles. The second kappa shape index (κ2) is 10.8. The number of hydrogen-bond donors (Lipinski definition) is 2. The van der Waals surface area contributed by atoms with Gasteiger partial charge in [0, 0.05) is 11.4 Å². The number of halogens is 8. The van der Waals surface area contributed by atoms with Gasteiger partial charge in [-0.3, -0.25) is 9.59 Å². The highest BCUT2D eigenvalue weighted by Crippen LogP contribution is 2.26. The molecule has 5 nitrogen and oxygen atoms in total. The molecule has 4 rings (SSSR count). The molecule has 0 fully saturated rings. The third kappa shape index (κ3) is 5.66. The minimum atomic E-state index is -2.13. The first kappa shape index (κ1) is 27.1. The zero-order valence-electron chi connectivity index (χ0n) is 19.0. The van der Waals surface area contributed by atoms with Gasteiger partial charge >= 0.3 is 0 Å². The number of amides is 2. The number of anilines is 2. The van der Waals surface area contributed by atoms with Crippen molar-refractivity contribution < 1.29 is 49.4 Å². The lowest BCUT2D eigenvalue weighted by Crippen LogP contribution is -2.16. The summed E-state index contributed by atoms with van der Waals surface area (Å²) in [6, 6.07) is 11.2. The van der Waals surface area contributed by atoms with Gasteiger partial charge < -0.3 is 15.4 Å². The average molecular weight is 552 g/mol. The van der Waals surface area contributed by atoms with Gasteiger partial charge in [-0.15, -0.1) is 0 Å². The maximum atomic E-state index is 13.8. The Labute approximate surface area is 213 Å². The van der Waals surface area contributed by atoms with E-state index in [1.165, 1.54) is 48.5 Å². The first-order chi connectivity index (χ1) is 18.5. The monoisotopic (exact) mass is 552 g/mol. The van der Waals surface area contributed by atoms with Crippen LogP contribution in [0.5, 0.6) is 11.5 Å². The molecule has 0 saturated carbocycles. The second-order valence-electron chi connectivity index (χ2n) is 7.75. The van der Waals surface area contributed by atoms with E-state index >= 15 is 0 Å². The number of ether oxygens (including phenoxy) is 1. The number of hydrogen-bond acceptors (Lipinski definition) is 3. The van der Waals surface area contributed by atoms with E-state index in [0.717, 1.165) is 0 Å². The van der Waals surface area contributed by atoms with Crippen LogP contribution in [0.15, 0.2) is 60.7 Å². The van der Waals surface area contributed by atoms with E-state index in [1.807, 2.05) is 0 Å². The lowest BCUT2D eigenvalue weighted by molar-refractivity contribution is 0.101. The number of rotatable bonds is 6. The topological polar surface area (TPSA) is 67.4 Å². The van der Waals surface area contributed by atoms with Gasteiger partial charge in [0.05, 0.1) is 11.1 Å². The van der Waals surface area contributed by atoms with E-state index < -0.39 is 69.5 Å². The molecule has 0 spiro atoms. The summed E-state index contributed by atoms with van der Waals surface area (Å²) < 4.78 is 113. The van der Waals surface area contributed by atoms with Crippen molar-refractivity contribution in [3.05, 3.63) is 118 Å². The Morgan fingerprint density at radius 1 is 0.487 bits per heavy atom. The molecular weight excluding hydrogens is 540 g/mol. The molecule has 0 radical (unpaired) electrons. The van der Waals surface area contributed by atoms with E-state index in [0.29, 0.717) is 0 Å². The summed E-state index contributed by atoms with van der Waals surface area (Å²) in [7, 11) is 0. The van der Waals surface area contributed by atoms with Crippen molar-refractivity contribution in [3.63, 3.8) is 0 Å². The van der Waals surface area contributed by atoms with Crippen LogP contribution in [0.4, 0.5) is 46.5 Å². The van der Waals surface area contributed by atoms with Gasteiger partial charge in [-0.05, 0) is 60.7 Å². The highest BCUT2D eigenvalue weighted by atomic mass is 19.2. The van der Waals surface area contributed by atoms with Crippen molar-refractivity contribution >= 4 is 23.2 Å². The molecule has 0 unspecified atom stereocenters. The Kier molecular flexibility index (Phi) is 7.51. The molecule has 200 valence electrons. The summed E-state index contributed by atoms with van der Waals surface area (Å²) in [5.74, 6) is -17.5. The Bertz CT molecular complexity index is 1470. The van der Waals surface area contributed by atoms with Gasteiger partial charge in [0.25, 0.3) is 11.8 Å². The molecule has 0 bridgehead atoms. The van der Waals surface area contributed by atoms with E-state index in [1.54, 1.807) is 0 Å². The zero-order valence-corrected chi connectivity index (χ0v) is 19.0. The maximum absolute atomic E-state index is 13.8. The summed E-state index contributed by atoms with van der Waals surface area (Å²) >= 11 is 0. The standard InChI is InChI=1S/C26H12F8N2O3/c27-17-9-15(19(29)23(33)21(17)31)25(37)35-11-1-5-13(6-2-11)39-14-7-3-12(4-8-14)36-26(38)16-10-18(28)22(32)24(34)20(16)30/h1-10H,(H,35,37)(H,36,38). The molecule has 4 aromatic carbocycles. The summed E-state index contributed by atoms with van der Waals surface area (Å²) in [6.07, 6.45) is 0. The van der Waals surface area contributed by atoms with Crippen molar-refractivity contribution in [1.29, 1.82) is 0 Å². The summed E-state index contributed by atoms with van der Waals surface area (Å²) in [5, 5.41) is 4.38. The Hall–Kier alpha value is -4.94. The fourth-order valence-electron chi connectivity index (χ4n) is 3.22. The van der Waals surface area contributed by atoms with Crippen LogP contribution in [0.3, 0.4) is 0 Å². The van der Waals surface area contributed by atoms with E-state index in [9.17, 15) is 44.7 Å². The Morgan fingerprint density at radius 3 is 1.15 bits per heavy atom. The van der Waals surface area contributed by atoms with Crippen LogP contribution in [0.2, 0.25) is 0 Å². The average Bonchev–Trinajstić information content (AvgIpc) is 2.92. The molecule has 4 aromatic rings. The molecule has 0 aliphatic heterocycles. The normalized spacial score (nSPS) is 10.8. The Morgan fingerprint density at radius 2 is 0.821 bits per heavy atom. The molecule has 0 aliphatic rings. The smallest absolute Gasteiger partial charge is 0.258 e. The summed E-state index contributed by atoms with van der Waals surface area (Å²) in [5.41, 5.74) is -1.93. The second-order valence-corrected chi connectivity index (χ2v) is 7.75. The largest absolute Gasteiger partial charge is 0.457 e. The highest BCUT2D eigenvalue weighted by molar-refractivity contribution is 6.05.